The van der Waals surface area contributed by atoms with E-state index in [-0.39, 0.29) is 17.6 Å². The number of pyridine rings is 1. The number of aliphatic hydroxyl groups is 1. The van der Waals surface area contributed by atoms with Gasteiger partial charge in [0.15, 0.2) is 0 Å². The van der Waals surface area contributed by atoms with Crippen LogP contribution in [0.25, 0.3) is 0 Å². The van der Waals surface area contributed by atoms with Crippen LogP contribution in [0.3, 0.4) is 0 Å². The average Bonchev–Trinajstić information content (AvgIpc) is 2.32. The molecule has 0 amide bonds. The maximum atomic E-state index is 9.92. The van der Waals surface area contributed by atoms with Gasteiger partial charge in [0.2, 0.25) is 0 Å². The molecule has 2 N–H and O–H groups in total. The second kappa shape index (κ2) is 5.27. The Morgan fingerprint density at radius 2 is 1.94 bits per heavy atom. The number of rotatable bonds is 2. The minimum atomic E-state index is -0.233. The Kier molecular flexibility index (Phi) is 3.91. The molecule has 1 fully saturated rings. The van der Waals surface area contributed by atoms with E-state index < -0.39 is 0 Å². The number of hydrogen-bond acceptors (Lipinski definition) is 3. The van der Waals surface area contributed by atoms with Crippen LogP contribution in [0, 0.1) is 0 Å². The fourth-order valence-electron chi connectivity index (χ4n) is 2.39. The Morgan fingerprint density at radius 3 is 2.50 bits per heavy atom. The number of aromatic nitrogens is 1. The summed E-state index contributed by atoms with van der Waals surface area (Å²) in [5.74, 6) is 0.869. The molecule has 1 aromatic heterocycles. The van der Waals surface area contributed by atoms with Gasteiger partial charge in [0.05, 0.1) is 12.1 Å². The molecule has 1 heterocycles. The number of nitrogens with one attached hydrogen (secondary N) is 1. The van der Waals surface area contributed by atoms with Gasteiger partial charge < -0.3 is 10.4 Å². The molecule has 2 unspecified atom stereocenters. The topological polar surface area (TPSA) is 45.1 Å². The molecule has 0 radical (unpaired) electrons. The van der Waals surface area contributed by atoms with Gasteiger partial charge in [-0.05, 0) is 29.9 Å². The lowest BCUT2D eigenvalue weighted by atomic mass is 9.88. The van der Waals surface area contributed by atoms with Crippen LogP contribution in [0.5, 0.6) is 0 Å². The number of aliphatic hydroxyl groups excluding tert-OH is 1. The SMILES string of the molecule is CC(C)(C)c1ccc(NC2CCCCC2O)nc1. The van der Waals surface area contributed by atoms with Gasteiger partial charge in [0.25, 0.3) is 0 Å². The van der Waals surface area contributed by atoms with Crippen LogP contribution in [0.2, 0.25) is 0 Å². The fourth-order valence-corrected chi connectivity index (χ4v) is 2.39. The van der Waals surface area contributed by atoms with Gasteiger partial charge in [0.1, 0.15) is 5.82 Å². The first-order chi connectivity index (χ1) is 8.47. The Morgan fingerprint density at radius 1 is 1.22 bits per heavy atom. The molecule has 1 aliphatic rings. The minimum absolute atomic E-state index is 0.135. The monoisotopic (exact) mass is 248 g/mol. The third kappa shape index (κ3) is 3.22. The second-order valence-corrected chi connectivity index (χ2v) is 6.28. The molecule has 2 atom stereocenters. The Bertz CT molecular complexity index is 380. The highest BCUT2D eigenvalue weighted by molar-refractivity contribution is 5.38. The van der Waals surface area contributed by atoms with Gasteiger partial charge in [-0.15, -0.1) is 0 Å². The van der Waals surface area contributed by atoms with E-state index in [1.165, 1.54) is 12.0 Å². The molecule has 0 bridgehead atoms. The third-order valence-electron chi connectivity index (χ3n) is 3.69. The Balaban J connectivity index is 2.02. The van der Waals surface area contributed by atoms with E-state index in [0.717, 1.165) is 25.1 Å². The lowest BCUT2D eigenvalue weighted by Crippen LogP contribution is -2.36. The summed E-state index contributed by atoms with van der Waals surface area (Å²) in [6.45, 7) is 6.55. The lowest BCUT2D eigenvalue weighted by molar-refractivity contribution is 0.116. The van der Waals surface area contributed by atoms with Crippen molar-refractivity contribution in [2.75, 3.05) is 5.32 Å². The number of nitrogens with zero attached hydrogens (tertiary/aromatic N) is 1. The summed E-state index contributed by atoms with van der Waals surface area (Å²) in [5, 5.41) is 13.3. The molecule has 100 valence electrons. The van der Waals surface area contributed by atoms with E-state index in [9.17, 15) is 5.11 Å². The molecule has 0 aromatic carbocycles. The molecule has 3 nitrogen and oxygen atoms in total. The molecule has 18 heavy (non-hydrogen) atoms. The van der Waals surface area contributed by atoms with Crippen molar-refractivity contribution in [1.82, 2.24) is 4.98 Å². The summed E-state index contributed by atoms with van der Waals surface area (Å²) in [6, 6.07) is 4.29. The zero-order chi connectivity index (χ0) is 13.2. The summed E-state index contributed by atoms with van der Waals surface area (Å²) in [4.78, 5) is 4.45. The molecule has 3 heteroatoms. The van der Waals surface area contributed by atoms with Crippen LogP contribution in [0.4, 0.5) is 5.82 Å². The third-order valence-corrected chi connectivity index (χ3v) is 3.69. The molecule has 1 aromatic rings. The number of hydrogen-bond donors (Lipinski definition) is 2. The standard InChI is InChI=1S/C15H24N2O/c1-15(2,3)11-8-9-14(16-10-11)17-12-6-4-5-7-13(12)18/h8-10,12-13,18H,4-7H2,1-3H3,(H,16,17). The van der Waals surface area contributed by atoms with E-state index in [4.69, 9.17) is 0 Å². The Hall–Kier alpha value is -1.09. The summed E-state index contributed by atoms with van der Waals surface area (Å²) < 4.78 is 0. The molecular formula is C15H24N2O. The summed E-state index contributed by atoms with van der Waals surface area (Å²) in [5.41, 5.74) is 1.37. The predicted octanol–water partition coefficient (Wildman–Crippen LogP) is 3.09. The van der Waals surface area contributed by atoms with Crippen molar-refractivity contribution in [1.29, 1.82) is 0 Å². The van der Waals surface area contributed by atoms with Crippen LogP contribution in [-0.2, 0) is 5.41 Å². The van der Waals surface area contributed by atoms with Gasteiger partial charge in [-0.1, -0.05) is 39.7 Å². The summed E-state index contributed by atoms with van der Waals surface area (Å²) in [6.07, 6.45) is 5.95. The highest BCUT2D eigenvalue weighted by Crippen LogP contribution is 2.24. The van der Waals surface area contributed by atoms with E-state index in [1.807, 2.05) is 12.3 Å². The zero-order valence-corrected chi connectivity index (χ0v) is 11.6. The number of anilines is 1. The largest absolute Gasteiger partial charge is 0.391 e. The quantitative estimate of drug-likeness (QED) is 0.845. The highest BCUT2D eigenvalue weighted by Gasteiger charge is 2.23. The van der Waals surface area contributed by atoms with Gasteiger partial charge in [-0.3, -0.25) is 0 Å². The zero-order valence-electron chi connectivity index (χ0n) is 11.6. The van der Waals surface area contributed by atoms with Crippen molar-refractivity contribution in [2.45, 2.75) is 64.0 Å². The van der Waals surface area contributed by atoms with Crippen molar-refractivity contribution in [3.63, 3.8) is 0 Å². The Labute approximate surface area is 110 Å². The maximum Gasteiger partial charge on any atom is 0.126 e. The van der Waals surface area contributed by atoms with Crippen molar-refractivity contribution >= 4 is 5.82 Å². The first-order valence-electron chi connectivity index (χ1n) is 6.88. The lowest BCUT2D eigenvalue weighted by Gasteiger charge is -2.29. The second-order valence-electron chi connectivity index (χ2n) is 6.28. The predicted molar refractivity (Wildman–Crippen MR) is 74.8 cm³/mol. The van der Waals surface area contributed by atoms with Crippen molar-refractivity contribution in [3.8, 4) is 0 Å². The van der Waals surface area contributed by atoms with Crippen LogP contribution < -0.4 is 5.32 Å². The van der Waals surface area contributed by atoms with Crippen LogP contribution in [0.15, 0.2) is 18.3 Å². The smallest absolute Gasteiger partial charge is 0.126 e. The molecule has 1 saturated carbocycles. The minimum Gasteiger partial charge on any atom is -0.391 e. The summed E-state index contributed by atoms with van der Waals surface area (Å²) >= 11 is 0. The molecule has 2 rings (SSSR count). The van der Waals surface area contributed by atoms with E-state index >= 15 is 0 Å². The van der Waals surface area contributed by atoms with Crippen molar-refractivity contribution in [2.24, 2.45) is 0 Å². The van der Waals surface area contributed by atoms with Gasteiger partial charge in [-0.25, -0.2) is 4.98 Å². The molecule has 0 spiro atoms. The normalized spacial score (nSPS) is 24.9. The highest BCUT2D eigenvalue weighted by atomic mass is 16.3. The van der Waals surface area contributed by atoms with Crippen LogP contribution >= 0.6 is 0 Å². The van der Waals surface area contributed by atoms with Crippen molar-refractivity contribution in [3.05, 3.63) is 23.9 Å². The molecule has 1 aliphatic carbocycles. The van der Waals surface area contributed by atoms with Gasteiger partial charge >= 0.3 is 0 Å². The average molecular weight is 248 g/mol. The molecule has 0 saturated heterocycles. The first-order valence-corrected chi connectivity index (χ1v) is 6.88. The fraction of sp³-hybridized carbons (Fsp3) is 0.667. The van der Waals surface area contributed by atoms with E-state index in [0.29, 0.717) is 0 Å². The van der Waals surface area contributed by atoms with Crippen LogP contribution in [-0.4, -0.2) is 22.2 Å². The summed E-state index contributed by atoms with van der Waals surface area (Å²) in [7, 11) is 0. The van der Waals surface area contributed by atoms with Gasteiger partial charge in [0, 0.05) is 6.20 Å². The maximum absolute atomic E-state index is 9.92. The van der Waals surface area contributed by atoms with Gasteiger partial charge in [-0.2, -0.15) is 0 Å². The van der Waals surface area contributed by atoms with E-state index in [1.54, 1.807) is 0 Å². The first kappa shape index (κ1) is 13.3. The molecular weight excluding hydrogens is 224 g/mol. The molecule has 0 aliphatic heterocycles. The van der Waals surface area contributed by atoms with E-state index in [2.05, 4.69) is 37.1 Å². The van der Waals surface area contributed by atoms with Crippen LogP contribution in [0.1, 0.15) is 52.0 Å². The van der Waals surface area contributed by atoms with Crippen molar-refractivity contribution < 1.29 is 5.11 Å².